The summed E-state index contributed by atoms with van der Waals surface area (Å²) in [5, 5.41) is 0. The van der Waals surface area contributed by atoms with Crippen LogP contribution in [0.15, 0.2) is 0 Å². The van der Waals surface area contributed by atoms with Gasteiger partial charge in [0.25, 0.3) is 0 Å². The van der Waals surface area contributed by atoms with Gasteiger partial charge in [-0.1, -0.05) is 0 Å². The van der Waals surface area contributed by atoms with Gasteiger partial charge in [0, 0.05) is 6.42 Å². The van der Waals surface area contributed by atoms with Crippen LogP contribution in [-0.2, 0) is 15.5 Å². The minimum atomic E-state index is -2.41. The molecule has 0 aliphatic rings. The van der Waals surface area contributed by atoms with Crippen molar-refractivity contribution in [2.45, 2.75) is 6.42 Å². The lowest BCUT2D eigenvalue weighted by Crippen LogP contribution is -1.95. The van der Waals surface area contributed by atoms with E-state index >= 15 is 0 Å². The second-order valence-corrected chi connectivity index (χ2v) is 1.62. The van der Waals surface area contributed by atoms with Crippen molar-refractivity contribution in [3.05, 3.63) is 0 Å². The van der Waals surface area contributed by atoms with Crippen molar-refractivity contribution in [2.24, 2.45) is 0 Å². The lowest BCUT2D eigenvalue weighted by molar-refractivity contribution is 0.308. The Bertz CT molecular complexity index is 115. The van der Waals surface area contributed by atoms with E-state index in [1.54, 1.807) is 0 Å². The standard InChI is InChI=1S/C4H6O3S/c1-2-3-4-7-8(5)6/h1H,3-4H2,(H,5,6)/p-1. The number of hydrogen-bond donors (Lipinski definition) is 0. The molecule has 0 N–H and O–H groups in total. The fraction of sp³-hybridized carbons (Fsp3) is 0.500. The van der Waals surface area contributed by atoms with Gasteiger partial charge in [-0.15, -0.1) is 12.3 Å². The van der Waals surface area contributed by atoms with Crippen LogP contribution in [0.2, 0.25) is 0 Å². The van der Waals surface area contributed by atoms with Gasteiger partial charge in [0.05, 0.1) is 18.0 Å². The predicted octanol–water partition coefficient (Wildman–Crippen LogP) is -0.180. The molecule has 0 saturated carbocycles. The molecule has 1 unspecified atom stereocenters. The van der Waals surface area contributed by atoms with E-state index in [0.717, 1.165) is 0 Å². The van der Waals surface area contributed by atoms with E-state index in [1.807, 2.05) is 0 Å². The first-order chi connectivity index (χ1) is 3.77. The van der Waals surface area contributed by atoms with Crippen LogP contribution in [0.25, 0.3) is 0 Å². The zero-order valence-electron chi connectivity index (χ0n) is 4.12. The van der Waals surface area contributed by atoms with Crippen molar-refractivity contribution in [3.63, 3.8) is 0 Å². The molecule has 0 aromatic carbocycles. The molecule has 0 aliphatic carbocycles. The fourth-order valence-electron chi connectivity index (χ4n) is 0.169. The summed E-state index contributed by atoms with van der Waals surface area (Å²) < 4.78 is 23.2. The number of rotatable bonds is 3. The normalized spacial score (nSPS) is 12.5. The minimum absolute atomic E-state index is 0.0760. The van der Waals surface area contributed by atoms with Crippen molar-refractivity contribution >= 4 is 11.4 Å². The van der Waals surface area contributed by atoms with Crippen molar-refractivity contribution in [2.75, 3.05) is 6.61 Å². The summed E-state index contributed by atoms with van der Waals surface area (Å²) in [6, 6.07) is 0. The van der Waals surface area contributed by atoms with E-state index in [4.69, 9.17) is 6.42 Å². The first-order valence-corrected chi connectivity index (χ1v) is 2.93. The first-order valence-electron chi connectivity index (χ1n) is 1.93. The highest BCUT2D eigenvalue weighted by Crippen LogP contribution is 1.80. The maximum atomic E-state index is 9.58. The molecule has 0 heterocycles. The molecule has 0 radical (unpaired) electrons. The zero-order chi connectivity index (χ0) is 6.41. The number of hydrogen-bond acceptors (Lipinski definition) is 3. The van der Waals surface area contributed by atoms with E-state index in [0.29, 0.717) is 6.42 Å². The van der Waals surface area contributed by atoms with Crippen LogP contribution in [0.3, 0.4) is 0 Å². The van der Waals surface area contributed by atoms with Gasteiger partial charge < -0.3 is 4.55 Å². The quantitative estimate of drug-likeness (QED) is 0.305. The molecular formula is C4H5O3S-. The molecule has 0 spiro atoms. The Balaban J connectivity index is 2.97. The fourth-order valence-corrected chi connectivity index (χ4v) is 0.388. The molecule has 4 heteroatoms. The molecule has 0 fully saturated rings. The smallest absolute Gasteiger partial charge is 0.0842 e. The summed E-state index contributed by atoms with van der Waals surface area (Å²) >= 11 is -2.41. The lowest BCUT2D eigenvalue weighted by Gasteiger charge is -2.01. The molecule has 1 atom stereocenters. The molecular weight excluding hydrogens is 128 g/mol. The van der Waals surface area contributed by atoms with Crippen molar-refractivity contribution in [3.8, 4) is 12.3 Å². The SMILES string of the molecule is C#CCCOS(=O)[O-]. The van der Waals surface area contributed by atoms with Crippen LogP contribution >= 0.6 is 0 Å². The third-order valence-electron chi connectivity index (χ3n) is 0.426. The lowest BCUT2D eigenvalue weighted by atomic mass is 10.5. The predicted molar refractivity (Wildman–Crippen MR) is 28.3 cm³/mol. The maximum absolute atomic E-state index is 9.58. The van der Waals surface area contributed by atoms with E-state index in [2.05, 4.69) is 10.1 Å². The van der Waals surface area contributed by atoms with Crippen LogP contribution in [0.1, 0.15) is 6.42 Å². The Hall–Kier alpha value is -0.370. The summed E-state index contributed by atoms with van der Waals surface area (Å²) in [5.41, 5.74) is 0. The Morgan fingerprint density at radius 2 is 2.50 bits per heavy atom. The van der Waals surface area contributed by atoms with Crippen LogP contribution in [0.5, 0.6) is 0 Å². The van der Waals surface area contributed by atoms with Crippen LogP contribution in [-0.4, -0.2) is 15.4 Å². The van der Waals surface area contributed by atoms with Crippen molar-refractivity contribution < 1.29 is 12.9 Å². The molecule has 0 aromatic heterocycles. The first kappa shape index (κ1) is 7.63. The van der Waals surface area contributed by atoms with E-state index < -0.39 is 11.4 Å². The Morgan fingerprint density at radius 1 is 1.88 bits per heavy atom. The van der Waals surface area contributed by atoms with Gasteiger partial charge in [-0.25, -0.2) is 4.21 Å². The van der Waals surface area contributed by atoms with E-state index in [1.165, 1.54) is 0 Å². The maximum Gasteiger partial charge on any atom is 0.0842 e. The van der Waals surface area contributed by atoms with Crippen LogP contribution < -0.4 is 0 Å². The largest absolute Gasteiger partial charge is 0.750 e. The second kappa shape index (κ2) is 4.78. The molecule has 0 bridgehead atoms. The monoisotopic (exact) mass is 133 g/mol. The second-order valence-electron chi connectivity index (χ2n) is 0.980. The van der Waals surface area contributed by atoms with Gasteiger partial charge in [-0.05, 0) is 0 Å². The third kappa shape index (κ3) is 5.63. The molecule has 46 valence electrons. The van der Waals surface area contributed by atoms with Gasteiger partial charge in [0.2, 0.25) is 0 Å². The van der Waals surface area contributed by atoms with Gasteiger partial charge >= 0.3 is 0 Å². The van der Waals surface area contributed by atoms with Crippen molar-refractivity contribution in [1.82, 2.24) is 0 Å². The zero-order valence-corrected chi connectivity index (χ0v) is 4.94. The van der Waals surface area contributed by atoms with Crippen LogP contribution in [0.4, 0.5) is 0 Å². The molecule has 3 nitrogen and oxygen atoms in total. The number of terminal acetylenes is 1. The molecule has 0 aromatic rings. The van der Waals surface area contributed by atoms with E-state index in [9.17, 15) is 8.76 Å². The van der Waals surface area contributed by atoms with E-state index in [-0.39, 0.29) is 6.61 Å². The summed E-state index contributed by atoms with van der Waals surface area (Å²) in [7, 11) is 0. The highest BCUT2D eigenvalue weighted by molar-refractivity contribution is 7.74. The van der Waals surface area contributed by atoms with Gasteiger partial charge in [-0.3, -0.25) is 4.18 Å². The van der Waals surface area contributed by atoms with Gasteiger partial charge in [-0.2, -0.15) is 0 Å². The summed E-state index contributed by atoms with van der Waals surface area (Å²) in [5.74, 6) is 2.22. The van der Waals surface area contributed by atoms with Gasteiger partial charge in [0.15, 0.2) is 0 Å². The summed E-state index contributed by atoms with van der Waals surface area (Å²) in [6.45, 7) is 0.0760. The third-order valence-corrected chi connectivity index (χ3v) is 0.785. The molecule has 0 aliphatic heterocycles. The average Bonchev–Trinajstić information content (AvgIpc) is 1.66. The molecule has 8 heavy (non-hydrogen) atoms. The molecule has 0 rings (SSSR count). The minimum Gasteiger partial charge on any atom is -0.750 e. The summed E-state index contributed by atoms with van der Waals surface area (Å²) in [6.07, 6.45) is 5.11. The highest BCUT2D eigenvalue weighted by atomic mass is 32.2. The van der Waals surface area contributed by atoms with Gasteiger partial charge in [0.1, 0.15) is 0 Å². The average molecular weight is 133 g/mol. The molecule has 0 saturated heterocycles. The Labute approximate surface area is 50.5 Å². The topological polar surface area (TPSA) is 49.4 Å². The molecule has 0 amide bonds. The van der Waals surface area contributed by atoms with Crippen LogP contribution in [0, 0.1) is 12.3 Å². The highest BCUT2D eigenvalue weighted by Gasteiger charge is 1.79. The van der Waals surface area contributed by atoms with Crippen molar-refractivity contribution in [1.29, 1.82) is 0 Å². The Morgan fingerprint density at radius 3 is 2.88 bits per heavy atom. The summed E-state index contributed by atoms with van der Waals surface area (Å²) in [4.78, 5) is 0. The Kier molecular flexibility index (Phi) is 4.56.